The zero-order valence-corrected chi connectivity index (χ0v) is 18.7. The third kappa shape index (κ3) is 4.54. The van der Waals surface area contributed by atoms with Crippen molar-refractivity contribution in [2.24, 2.45) is 4.99 Å². The van der Waals surface area contributed by atoms with Gasteiger partial charge >= 0.3 is 5.97 Å². The largest absolute Gasteiger partial charge is 0.493 e. The monoisotopic (exact) mass is 482 g/mol. The Morgan fingerprint density at radius 1 is 1.13 bits per heavy atom. The fourth-order valence-electron chi connectivity index (χ4n) is 3.06. The van der Waals surface area contributed by atoms with E-state index in [1.807, 2.05) is 44.2 Å². The van der Waals surface area contributed by atoms with Crippen molar-refractivity contribution >= 4 is 33.9 Å². The number of carbonyl (C=O) groups excluding carboxylic acids is 1. The minimum absolute atomic E-state index is 0.210. The van der Waals surface area contributed by atoms with Gasteiger partial charge in [-0.3, -0.25) is 0 Å². The number of esters is 1. The van der Waals surface area contributed by atoms with Crippen molar-refractivity contribution in [3.8, 4) is 11.5 Å². The summed E-state index contributed by atoms with van der Waals surface area (Å²) in [5, 5.41) is 3.93. The van der Waals surface area contributed by atoms with Gasteiger partial charge in [-0.15, -0.1) is 0 Å². The second-order valence-corrected chi connectivity index (χ2v) is 7.76. The highest BCUT2D eigenvalue weighted by molar-refractivity contribution is 9.10. The van der Waals surface area contributed by atoms with Crippen LogP contribution in [0.1, 0.15) is 28.1 Å². The molecule has 0 aliphatic carbocycles. The highest BCUT2D eigenvalue weighted by atomic mass is 79.9. The summed E-state index contributed by atoms with van der Waals surface area (Å²) in [5.41, 5.74) is 3.34. The molecule has 0 spiro atoms. The second kappa shape index (κ2) is 8.77. The third-order valence-corrected chi connectivity index (χ3v) is 5.23. The highest BCUT2D eigenvalue weighted by Crippen LogP contribution is 2.31. The molecule has 1 aliphatic heterocycles. The lowest BCUT2D eigenvalue weighted by Crippen LogP contribution is -2.05. The van der Waals surface area contributed by atoms with Gasteiger partial charge in [-0.25, -0.2) is 9.79 Å². The molecule has 0 saturated heterocycles. The van der Waals surface area contributed by atoms with Crippen molar-refractivity contribution in [2.75, 3.05) is 7.11 Å². The minimum Gasteiger partial charge on any atom is -0.493 e. The van der Waals surface area contributed by atoms with Crippen LogP contribution in [0.3, 0.4) is 0 Å². The van der Waals surface area contributed by atoms with Crippen molar-refractivity contribution in [1.29, 1.82) is 0 Å². The molecule has 1 aliphatic rings. The van der Waals surface area contributed by atoms with Gasteiger partial charge in [0, 0.05) is 10.0 Å². The quantitative estimate of drug-likeness (QED) is 0.363. The van der Waals surface area contributed by atoms with Crippen molar-refractivity contribution in [1.82, 2.24) is 5.16 Å². The number of methoxy groups -OCH3 is 1. The van der Waals surface area contributed by atoms with Crippen molar-refractivity contribution in [2.45, 2.75) is 20.5 Å². The average molecular weight is 483 g/mol. The first-order valence-electron chi connectivity index (χ1n) is 9.45. The van der Waals surface area contributed by atoms with Gasteiger partial charge < -0.3 is 18.7 Å². The molecular weight excluding hydrogens is 464 g/mol. The Balaban J connectivity index is 1.56. The smallest absolute Gasteiger partial charge is 0.363 e. The summed E-state index contributed by atoms with van der Waals surface area (Å²) in [4.78, 5) is 16.6. The molecule has 0 radical (unpaired) electrons. The number of benzene rings is 2. The maximum Gasteiger partial charge on any atom is 0.363 e. The molecule has 1 aromatic heterocycles. The number of hydrogen-bond donors (Lipinski definition) is 0. The average Bonchev–Trinajstić information content (AvgIpc) is 3.28. The van der Waals surface area contributed by atoms with Crippen LogP contribution in [0.5, 0.6) is 11.5 Å². The first kappa shape index (κ1) is 20.9. The van der Waals surface area contributed by atoms with E-state index in [4.69, 9.17) is 18.7 Å². The number of aliphatic imine (C=N–C) groups is 1. The molecule has 7 nitrogen and oxygen atoms in total. The summed E-state index contributed by atoms with van der Waals surface area (Å²) >= 11 is 3.40. The second-order valence-electron chi connectivity index (χ2n) is 6.85. The van der Waals surface area contributed by atoms with Crippen LogP contribution in [-0.2, 0) is 16.1 Å². The summed E-state index contributed by atoms with van der Waals surface area (Å²) in [5.74, 6) is 1.58. The van der Waals surface area contributed by atoms with Gasteiger partial charge in [0.15, 0.2) is 17.2 Å². The Labute approximate surface area is 187 Å². The predicted molar refractivity (Wildman–Crippen MR) is 118 cm³/mol. The Hall–Kier alpha value is -3.39. The van der Waals surface area contributed by atoms with Gasteiger partial charge in [-0.05, 0) is 55.8 Å². The van der Waals surface area contributed by atoms with Crippen LogP contribution in [0.2, 0.25) is 0 Å². The topological polar surface area (TPSA) is 83.2 Å². The summed E-state index contributed by atoms with van der Waals surface area (Å²) < 4.78 is 22.7. The molecule has 2 heterocycles. The van der Waals surface area contributed by atoms with Gasteiger partial charge in [0.05, 0.1) is 18.4 Å². The van der Waals surface area contributed by atoms with E-state index in [1.165, 1.54) is 0 Å². The molecule has 0 amide bonds. The van der Waals surface area contributed by atoms with E-state index in [0.29, 0.717) is 23.7 Å². The van der Waals surface area contributed by atoms with Gasteiger partial charge in [0.25, 0.3) is 0 Å². The van der Waals surface area contributed by atoms with E-state index >= 15 is 0 Å². The Kier molecular flexibility index (Phi) is 5.90. The van der Waals surface area contributed by atoms with Crippen LogP contribution in [0, 0.1) is 13.8 Å². The summed E-state index contributed by atoms with van der Waals surface area (Å²) in [6.45, 7) is 4.02. The lowest BCUT2D eigenvalue weighted by molar-refractivity contribution is -0.129. The molecule has 158 valence electrons. The van der Waals surface area contributed by atoms with Crippen molar-refractivity contribution < 1.29 is 23.5 Å². The molecule has 4 rings (SSSR count). The molecule has 0 atom stereocenters. The first-order chi connectivity index (χ1) is 14.9. The number of nitrogens with zero attached hydrogens (tertiary/aromatic N) is 2. The SMILES string of the molecule is COc1cc(/C=C2\N=C(c3cccc(Br)c3)OC2=O)ccc1OCc1c(C)noc1C. The van der Waals surface area contributed by atoms with Crippen LogP contribution in [-0.4, -0.2) is 24.1 Å². The van der Waals surface area contributed by atoms with Crippen molar-refractivity contribution in [3.63, 3.8) is 0 Å². The van der Waals surface area contributed by atoms with Gasteiger partial charge in [-0.2, -0.15) is 0 Å². The number of ether oxygens (including phenoxy) is 3. The van der Waals surface area contributed by atoms with Gasteiger partial charge in [0.1, 0.15) is 12.4 Å². The number of cyclic esters (lactones) is 1. The number of aryl methyl sites for hydroxylation is 2. The van der Waals surface area contributed by atoms with E-state index in [0.717, 1.165) is 27.1 Å². The number of halogens is 1. The minimum atomic E-state index is -0.507. The van der Waals surface area contributed by atoms with Crippen LogP contribution in [0.4, 0.5) is 0 Å². The lowest BCUT2D eigenvalue weighted by Gasteiger charge is -2.11. The maximum atomic E-state index is 12.3. The normalized spacial score (nSPS) is 14.5. The van der Waals surface area contributed by atoms with Crippen LogP contribution < -0.4 is 9.47 Å². The summed E-state index contributed by atoms with van der Waals surface area (Å²) in [7, 11) is 1.56. The molecule has 2 aromatic carbocycles. The van der Waals surface area contributed by atoms with Gasteiger partial charge in [0.2, 0.25) is 5.90 Å². The molecule has 0 fully saturated rings. The summed E-state index contributed by atoms with van der Waals surface area (Å²) in [6, 6.07) is 12.8. The number of aromatic nitrogens is 1. The number of hydrogen-bond acceptors (Lipinski definition) is 7. The first-order valence-corrected chi connectivity index (χ1v) is 10.2. The van der Waals surface area contributed by atoms with Gasteiger partial charge in [-0.1, -0.05) is 33.2 Å². The fraction of sp³-hybridized carbons (Fsp3) is 0.174. The molecular formula is C23H19BrN2O5. The molecule has 8 heteroatoms. The van der Waals surface area contributed by atoms with Crippen LogP contribution in [0.15, 0.2) is 62.1 Å². The van der Waals surface area contributed by atoms with E-state index < -0.39 is 5.97 Å². The molecule has 0 saturated carbocycles. The number of rotatable bonds is 6. The molecule has 0 bridgehead atoms. The van der Waals surface area contributed by atoms with E-state index in [9.17, 15) is 4.79 Å². The lowest BCUT2D eigenvalue weighted by atomic mass is 10.1. The molecule has 3 aromatic rings. The van der Waals surface area contributed by atoms with E-state index in [2.05, 4.69) is 26.1 Å². The van der Waals surface area contributed by atoms with Crippen LogP contribution in [0.25, 0.3) is 6.08 Å². The maximum absolute atomic E-state index is 12.3. The Morgan fingerprint density at radius 3 is 2.68 bits per heavy atom. The number of carbonyl (C=O) groups is 1. The van der Waals surface area contributed by atoms with Crippen LogP contribution >= 0.6 is 15.9 Å². The Bertz CT molecular complexity index is 1190. The fourth-order valence-corrected chi connectivity index (χ4v) is 3.46. The van der Waals surface area contributed by atoms with E-state index in [1.54, 1.807) is 25.3 Å². The third-order valence-electron chi connectivity index (χ3n) is 4.74. The summed E-state index contributed by atoms with van der Waals surface area (Å²) in [6.07, 6.45) is 1.65. The Morgan fingerprint density at radius 2 is 1.97 bits per heavy atom. The molecule has 0 unspecified atom stereocenters. The zero-order valence-electron chi connectivity index (χ0n) is 17.1. The molecule has 0 N–H and O–H groups in total. The standard InChI is InChI=1S/C23H19BrN2O5/c1-13-18(14(2)31-26-13)12-29-20-8-7-15(10-21(20)28-3)9-19-23(27)30-22(25-19)16-5-4-6-17(24)11-16/h4-11H,12H2,1-3H3/b19-9-. The molecule has 31 heavy (non-hydrogen) atoms. The predicted octanol–water partition coefficient (Wildman–Crippen LogP) is 4.99. The zero-order chi connectivity index (χ0) is 22.0. The highest BCUT2D eigenvalue weighted by Gasteiger charge is 2.24. The van der Waals surface area contributed by atoms with E-state index in [-0.39, 0.29) is 11.6 Å². The van der Waals surface area contributed by atoms with Crippen molar-refractivity contribution in [3.05, 3.63) is 80.8 Å².